The minimum absolute atomic E-state index is 0.237. The minimum atomic E-state index is 0.237. The molecule has 4 nitrogen and oxygen atoms in total. The van der Waals surface area contributed by atoms with Crippen molar-refractivity contribution < 1.29 is 9.53 Å². The molecule has 6 heteroatoms. The van der Waals surface area contributed by atoms with E-state index >= 15 is 0 Å². The summed E-state index contributed by atoms with van der Waals surface area (Å²) >= 11 is 5.12. The van der Waals surface area contributed by atoms with Crippen LogP contribution < -0.4 is 9.64 Å². The van der Waals surface area contributed by atoms with Crippen molar-refractivity contribution in [3.8, 4) is 5.75 Å². The lowest BCUT2D eigenvalue weighted by Gasteiger charge is -2.36. The molecule has 1 aliphatic heterocycles. The van der Waals surface area contributed by atoms with Gasteiger partial charge < -0.3 is 14.5 Å². The summed E-state index contributed by atoms with van der Waals surface area (Å²) in [6.45, 7) is 3.30. The molecule has 2 aromatic rings. The number of halogens is 1. The molecule has 0 unspecified atom stereocenters. The third-order valence-electron chi connectivity index (χ3n) is 4.48. The lowest BCUT2D eigenvalue weighted by molar-refractivity contribution is -0.128. The average molecular weight is 435 g/mol. The summed E-state index contributed by atoms with van der Waals surface area (Å²) in [5, 5.41) is 0. The Morgan fingerprint density at radius 3 is 2.31 bits per heavy atom. The van der Waals surface area contributed by atoms with Crippen molar-refractivity contribution in [1.29, 1.82) is 0 Å². The molecular weight excluding hydrogens is 412 g/mol. The van der Waals surface area contributed by atoms with E-state index in [1.54, 1.807) is 18.9 Å². The Hall–Kier alpha value is -1.66. The summed E-state index contributed by atoms with van der Waals surface area (Å²) in [5.41, 5.74) is 2.43. The van der Waals surface area contributed by atoms with Crippen molar-refractivity contribution in [2.45, 2.75) is 5.75 Å². The van der Waals surface area contributed by atoms with Gasteiger partial charge in [0.15, 0.2) is 0 Å². The first-order chi connectivity index (χ1) is 12.7. The highest BCUT2D eigenvalue weighted by Crippen LogP contribution is 2.21. The molecule has 1 fully saturated rings. The number of ether oxygens (including phenoxy) is 1. The van der Waals surface area contributed by atoms with Gasteiger partial charge in [-0.2, -0.15) is 0 Å². The second-order valence-electron chi connectivity index (χ2n) is 6.19. The number of benzene rings is 2. The average Bonchev–Trinajstić information content (AvgIpc) is 2.69. The number of thioether (sulfide) groups is 1. The van der Waals surface area contributed by atoms with Crippen LogP contribution in [0, 0.1) is 0 Å². The smallest absolute Gasteiger partial charge is 0.232 e. The van der Waals surface area contributed by atoms with Crippen molar-refractivity contribution >= 4 is 39.3 Å². The SMILES string of the molecule is COc1ccc(N2CCN(C(=O)CSCc3ccc(Br)cc3)CC2)cc1. The van der Waals surface area contributed by atoms with Gasteiger partial charge >= 0.3 is 0 Å². The maximum absolute atomic E-state index is 12.4. The monoisotopic (exact) mass is 434 g/mol. The van der Waals surface area contributed by atoms with Gasteiger partial charge in [0, 0.05) is 42.1 Å². The van der Waals surface area contributed by atoms with Crippen LogP contribution >= 0.6 is 27.7 Å². The van der Waals surface area contributed by atoms with Crippen molar-refractivity contribution in [2.24, 2.45) is 0 Å². The van der Waals surface area contributed by atoms with Crippen LogP contribution in [-0.2, 0) is 10.5 Å². The fraction of sp³-hybridized carbons (Fsp3) is 0.350. The number of hydrogen-bond donors (Lipinski definition) is 0. The van der Waals surface area contributed by atoms with Crippen LogP contribution in [0.4, 0.5) is 5.69 Å². The van der Waals surface area contributed by atoms with Crippen molar-refractivity contribution in [2.75, 3.05) is 43.9 Å². The Kier molecular flexibility index (Phi) is 6.86. The second kappa shape index (κ2) is 9.33. The zero-order valence-corrected chi connectivity index (χ0v) is 17.3. The first-order valence-corrected chi connectivity index (χ1v) is 10.6. The van der Waals surface area contributed by atoms with Crippen LogP contribution in [0.25, 0.3) is 0 Å². The van der Waals surface area contributed by atoms with Crippen LogP contribution in [0.15, 0.2) is 53.0 Å². The van der Waals surface area contributed by atoms with E-state index in [1.807, 2.05) is 29.2 Å². The predicted octanol–water partition coefficient (Wildman–Crippen LogP) is 4.04. The molecule has 3 rings (SSSR count). The highest BCUT2D eigenvalue weighted by atomic mass is 79.9. The highest BCUT2D eigenvalue weighted by Gasteiger charge is 2.21. The van der Waals surface area contributed by atoms with Gasteiger partial charge in [0.25, 0.3) is 0 Å². The summed E-state index contributed by atoms with van der Waals surface area (Å²) in [6.07, 6.45) is 0. The Bertz CT molecular complexity index is 714. The van der Waals surface area contributed by atoms with Gasteiger partial charge in [-0.3, -0.25) is 4.79 Å². The number of methoxy groups -OCH3 is 1. The summed E-state index contributed by atoms with van der Waals surface area (Å²) in [4.78, 5) is 16.7. The molecule has 0 spiro atoms. The number of carbonyl (C=O) groups excluding carboxylic acids is 1. The first-order valence-electron chi connectivity index (χ1n) is 8.64. The second-order valence-corrected chi connectivity index (χ2v) is 8.09. The van der Waals surface area contributed by atoms with Gasteiger partial charge in [-0.15, -0.1) is 11.8 Å². The zero-order valence-electron chi connectivity index (χ0n) is 14.9. The Balaban J connectivity index is 1.42. The van der Waals surface area contributed by atoms with Gasteiger partial charge in [-0.1, -0.05) is 28.1 Å². The number of amides is 1. The molecule has 26 heavy (non-hydrogen) atoms. The van der Waals surface area contributed by atoms with E-state index in [9.17, 15) is 4.79 Å². The molecule has 0 saturated carbocycles. The number of carbonyl (C=O) groups is 1. The Labute approximate surface area is 167 Å². The molecular formula is C20H23BrN2O2S. The van der Waals surface area contributed by atoms with Crippen LogP contribution in [-0.4, -0.2) is 49.8 Å². The van der Waals surface area contributed by atoms with Gasteiger partial charge in [0.2, 0.25) is 5.91 Å². The highest BCUT2D eigenvalue weighted by molar-refractivity contribution is 9.10. The van der Waals surface area contributed by atoms with Gasteiger partial charge in [0.05, 0.1) is 12.9 Å². The fourth-order valence-corrected chi connectivity index (χ4v) is 4.09. The summed E-state index contributed by atoms with van der Waals surface area (Å²) in [5.74, 6) is 2.51. The van der Waals surface area contributed by atoms with E-state index in [4.69, 9.17) is 4.74 Å². The van der Waals surface area contributed by atoms with Gasteiger partial charge in [-0.25, -0.2) is 0 Å². The molecule has 0 atom stereocenters. The molecule has 1 heterocycles. The van der Waals surface area contributed by atoms with E-state index in [0.29, 0.717) is 5.75 Å². The largest absolute Gasteiger partial charge is 0.497 e. The van der Waals surface area contributed by atoms with Crippen molar-refractivity contribution in [3.05, 3.63) is 58.6 Å². The van der Waals surface area contributed by atoms with Crippen molar-refractivity contribution in [3.63, 3.8) is 0 Å². The summed E-state index contributed by atoms with van der Waals surface area (Å²) < 4.78 is 6.28. The normalized spacial score (nSPS) is 14.4. The number of nitrogens with zero attached hydrogens (tertiary/aromatic N) is 2. The maximum atomic E-state index is 12.4. The molecule has 0 radical (unpaired) electrons. The minimum Gasteiger partial charge on any atom is -0.497 e. The molecule has 1 saturated heterocycles. The van der Waals surface area contributed by atoms with E-state index in [2.05, 4.69) is 45.1 Å². The molecule has 0 aromatic heterocycles. The lowest BCUT2D eigenvalue weighted by atomic mass is 10.2. The van der Waals surface area contributed by atoms with Gasteiger partial charge in [0.1, 0.15) is 5.75 Å². The fourth-order valence-electron chi connectivity index (χ4n) is 2.94. The molecule has 0 bridgehead atoms. The van der Waals surface area contributed by atoms with E-state index in [-0.39, 0.29) is 5.91 Å². The summed E-state index contributed by atoms with van der Waals surface area (Å²) in [6, 6.07) is 16.4. The van der Waals surface area contributed by atoms with Crippen molar-refractivity contribution in [1.82, 2.24) is 4.90 Å². The first kappa shape index (κ1) is 19.1. The third-order valence-corrected chi connectivity index (χ3v) is 5.99. The standard InChI is InChI=1S/C20H23BrN2O2S/c1-25-19-8-6-18(7-9-19)22-10-12-23(13-11-22)20(24)15-26-14-16-2-4-17(21)5-3-16/h2-9H,10-15H2,1H3. The molecule has 0 N–H and O–H groups in total. The Morgan fingerprint density at radius 1 is 1.04 bits per heavy atom. The molecule has 2 aromatic carbocycles. The topological polar surface area (TPSA) is 32.8 Å². The molecule has 138 valence electrons. The molecule has 1 aliphatic rings. The predicted molar refractivity (Wildman–Crippen MR) is 112 cm³/mol. The number of anilines is 1. The van der Waals surface area contributed by atoms with Gasteiger partial charge in [-0.05, 0) is 42.0 Å². The molecule has 1 amide bonds. The van der Waals surface area contributed by atoms with Crippen LogP contribution in [0.1, 0.15) is 5.56 Å². The molecule has 0 aliphatic carbocycles. The quantitative estimate of drug-likeness (QED) is 0.686. The Morgan fingerprint density at radius 2 is 1.69 bits per heavy atom. The third kappa shape index (κ3) is 5.17. The summed E-state index contributed by atoms with van der Waals surface area (Å²) in [7, 11) is 1.67. The van der Waals surface area contributed by atoms with E-state index in [0.717, 1.165) is 42.2 Å². The zero-order chi connectivity index (χ0) is 18.4. The number of piperazine rings is 1. The van der Waals surface area contributed by atoms with Crippen LogP contribution in [0.3, 0.4) is 0 Å². The maximum Gasteiger partial charge on any atom is 0.232 e. The van der Waals surface area contributed by atoms with Crippen LogP contribution in [0.5, 0.6) is 5.75 Å². The van der Waals surface area contributed by atoms with E-state index in [1.165, 1.54) is 11.3 Å². The number of rotatable bonds is 6. The lowest BCUT2D eigenvalue weighted by Crippen LogP contribution is -2.49. The number of hydrogen-bond acceptors (Lipinski definition) is 4. The van der Waals surface area contributed by atoms with E-state index < -0.39 is 0 Å². The van der Waals surface area contributed by atoms with Crippen LogP contribution in [0.2, 0.25) is 0 Å².